The number of aliphatic hydroxyl groups is 2. The van der Waals surface area contributed by atoms with Gasteiger partial charge in [-0.1, -0.05) is 137 Å². The zero-order chi connectivity index (χ0) is 36.4. The maximum Gasteiger partial charge on any atom is 0.192 e. The van der Waals surface area contributed by atoms with Gasteiger partial charge >= 0.3 is 0 Å². The highest BCUT2D eigenvalue weighted by Crippen LogP contribution is 2.37. The molecule has 1 rings (SSSR count). The van der Waals surface area contributed by atoms with Crippen LogP contribution in [-0.2, 0) is 23.4 Å². The molecule has 7 nitrogen and oxygen atoms in total. The number of hydrogen-bond acceptors (Lipinski definition) is 7. The molecule has 1 unspecified atom stereocenters. The fourth-order valence-corrected chi connectivity index (χ4v) is 7.19. The molecular formula is C41H82O7Si. The molecule has 8 heteroatoms. The van der Waals surface area contributed by atoms with Gasteiger partial charge in [0.25, 0.3) is 0 Å². The van der Waals surface area contributed by atoms with Gasteiger partial charge in [0.05, 0.1) is 12.7 Å². The molecule has 49 heavy (non-hydrogen) atoms. The molecule has 0 radical (unpaired) electrons. The quantitative estimate of drug-likeness (QED) is 0.0420. The van der Waals surface area contributed by atoms with Gasteiger partial charge in [-0.25, -0.2) is 0 Å². The second-order valence-electron chi connectivity index (χ2n) is 16.1. The SMILES string of the molecule is CCCCCCC=CCCCCCCCCCCO[C@H]1C(O)O[C@H](CO[Si](C)(C)C(C)(C)C)[C@@H](O)[C@@H]1OCC[C@@H](CCCCCCC)OC. The minimum Gasteiger partial charge on any atom is -0.414 e. The molecule has 0 aliphatic carbocycles. The van der Waals surface area contributed by atoms with Gasteiger partial charge in [-0.15, -0.1) is 0 Å². The number of allylic oxidation sites excluding steroid dienone is 2. The van der Waals surface area contributed by atoms with Crippen LogP contribution >= 0.6 is 0 Å². The number of hydrogen-bond donors (Lipinski definition) is 2. The van der Waals surface area contributed by atoms with Crippen molar-refractivity contribution in [2.45, 2.75) is 224 Å². The van der Waals surface area contributed by atoms with Crippen molar-refractivity contribution in [3.05, 3.63) is 12.2 Å². The molecule has 0 aromatic heterocycles. The van der Waals surface area contributed by atoms with Gasteiger partial charge in [-0.05, 0) is 63.1 Å². The third-order valence-electron chi connectivity index (χ3n) is 10.7. The normalized spacial score (nSPS) is 22.7. The van der Waals surface area contributed by atoms with E-state index in [2.05, 4.69) is 59.9 Å². The fourth-order valence-electron chi connectivity index (χ4n) is 6.18. The molecule has 1 aliphatic heterocycles. The van der Waals surface area contributed by atoms with Crippen LogP contribution in [0.25, 0.3) is 0 Å². The summed E-state index contributed by atoms with van der Waals surface area (Å²) in [6.45, 7) is 16.6. The van der Waals surface area contributed by atoms with Crippen LogP contribution in [0, 0.1) is 0 Å². The van der Waals surface area contributed by atoms with Crippen LogP contribution in [0.2, 0.25) is 18.1 Å². The highest BCUT2D eigenvalue weighted by Gasteiger charge is 2.47. The molecule has 1 aliphatic rings. The topological polar surface area (TPSA) is 86.6 Å². The largest absolute Gasteiger partial charge is 0.414 e. The van der Waals surface area contributed by atoms with E-state index in [1.165, 1.54) is 103 Å². The second kappa shape index (κ2) is 28.2. The van der Waals surface area contributed by atoms with E-state index in [9.17, 15) is 10.2 Å². The Labute approximate surface area is 304 Å². The van der Waals surface area contributed by atoms with Crippen LogP contribution in [0.5, 0.6) is 0 Å². The summed E-state index contributed by atoms with van der Waals surface area (Å²) in [5.41, 5.74) is 0. The summed E-state index contributed by atoms with van der Waals surface area (Å²) >= 11 is 0. The average molecular weight is 715 g/mol. The molecule has 1 heterocycles. The maximum atomic E-state index is 11.5. The number of aliphatic hydroxyl groups excluding tert-OH is 2. The van der Waals surface area contributed by atoms with Crippen molar-refractivity contribution in [3.8, 4) is 0 Å². The average Bonchev–Trinajstić information content (AvgIpc) is 3.06. The summed E-state index contributed by atoms with van der Waals surface area (Å²) < 4.78 is 30.6. The van der Waals surface area contributed by atoms with Crippen molar-refractivity contribution in [3.63, 3.8) is 0 Å². The van der Waals surface area contributed by atoms with E-state index in [-0.39, 0.29) is 17.7 Å². The van der Waals surface area contributed by atoms with E-state index in [1.807, 2.05) is 0 Å². The summed E-state index contributed by atoms with van der Waals surface area (Å²) in [4.78, 5) is 0. The van der Waals surface area contributed by atoms with Crippen LogP contribution in [0.15, 0.2) is 12.2 Å². The second-order valence-corrected chi connectivity index (χ2v) is 20.9. The van der Waals surface area contributed by atoms with Crippen LogP contribution in [-0.4, -0.2) is 82.3 Å². The van der Waals surface area contributed by atoms with Gasteiger partial charge in [0, 0.05) is 20.3 Å². The molecule has 0 aromatic carbocycles. The lowest BCUT2D eigenvalue weighted by molar-refractivity contribution is -0.303. The molecule has 0 amide bonds. The fraction of sp³-hybridized carbons (Fsp3) is 0.951. The summed E-state index contributed by atoms with van der Waals surface area (Å²) in [7, 11) is -0.304. The van der Waals surface area contributed by atoms with Gasteiger partial charge in [-0.3, -0.25) is 0 Å². The van der Waals surface area contributed by atoms with E-state index in [0.717, 1.165) is 32.1 Å². The monoisotopic (exact) mass is 715 g/mol. The van der Waals surface area contributed by atoms with Gasteiger partial charge < -0.3 is 33.6 Å². The first kappa shape index (κ1) is 46.7. The van der Waals surface area contributed by atoms with Gasteiger partial charge in [-0.2, -0.15) is 0 Å². The molecule has 2 N–H and O–H groups in total. The Morgan fingerprint density at radius 2 is 1.18 bits per heavy atom. The molecule has 6 atom stereocenters. The Morgan fingerprint density at radius 1 is 0.673 bits per heavy atom. The zero-order valence-corrected chi connectivity index (χ0v) is 34.5. The third-order valence-corrected chi connectivity index (χ3v) is 15.2. The molecule has 292 valence electrons. The highest BCUT2D eigenvalue weighted by molar-refractivity contribution is 6.74. The van der Waals surface area contributed by atoms with Crippen molar-refractivity contribution in [1.29, 1.82) is 0 Å². The van der Waals surface area contributed by atoms with E-state index < -0.39 is 39.0 Å². The molecule has 0 aromatic rings. The maximum absolute atomic E-state index is 11.5. The molecule has 1 fully saturated rings. The summed E-state index contributed by atoms with van der Waals surface area (Å²) in [6.07, 6.45) is 26.0. The van der Waals surface area contributed by atoms with Crippen molar-refractivity contribution in [2.24, 2.45) is 0 Å². The molecule has 0 bridgehead atoms. The van der Waals surface area contributed by atoms with Crippen LogP contribution in [0.4, 0.5) is 0 Å². The first-order chi connectivity index (χ1) is 23.5. The van der Waals surface area contributed by atoms with E-state index in [1.54, 1.807) is 7.11 Å². The Kier molecular flexibility index (Phi) is 26.9. The van der Waals surface area contributed by atoms with Gasteiger partial charge in [0.1, 0.15) is 24.4 Å². The van der Waals surface area contributed by atoms with Crippen molar-refractivity contribution < 1.29 is 33.6 Å². The van der Waals surface area contributed by atoms with Gasteiger partial charge in [0.2, 0.25) is 0 Å². The number of methoxy groups -OCH3 is 1. The lowest BCUT2D eigenvalue weighted by atomic mass is 9.98. The van der Waals surface area contributed by atoms with E-state index >= 15 is 0 Å². The van der Waals surface area contributed by atoms with Crippen molar-refractivity contribution in [1.82, 2.24) is 0 Å². The number of rotatable bonds is 31. The van der Waals surface area contributed by atoms with Crippen LogP contribution in [0.1, 0.15) is 169 Å². The first-order valence-corrected chi connectivity index (χ1v) is 23.5. The van der Waals surface area contributed by atoms with Gasteiger partial charge in [0.15, 0.2) is 14.6 Å². The summed E-state index contributed by atoms with van der Waals surface area (Å²) in [5.74, 6) is 0. The Balaban J connectivity index is 2.50. The number of ether oxygens (including phenoxy) is 4. The first-order valence-electron chi connectivity index (χ1n) is 20.5. The Bertz CT molecular complexity index is 786. The van der Waals surface area contributed by atoms with Crippen molar-refractivity contribution >= 4 is 8.32 Å². The van der Waals surface area contributed by atoms with E-state index in [0.29, 0.717) is 13.2 Å². The standard InChI is InChI=1S/C41H82O7Si/c1-9-11-13-15-16-17-18-19-20-21-22-23-24-25-27-29-32-45-39-38(46-33-31-35(44-6)30-28-26-14-12-10-2)37(42)36(48-40(39)43)34-47-49(7,8)41(3,4)5/h17-18,35-40,42-43H,9-16,19-34H2,1-8H3/t35-,36-,37-,38+,39-,40?/m1/s1. The Hall–Kier alpha value is -0.323. The molecule has 0 saturated carbocycles. The predicted octanol–water partition coefficient (Wildman–Crippen LogP) is 10.7. The Morgan fingerprint density at radius 3 is 1.76 bits per heavy atom. The summed E-state index contributed by atoms with van der Waals surface area (Å²) in [6, 6.07) is 0. The lowest BCUT2D eigenvalue weighted by Gasteiger charge is -2.44. The molecule has 0 spiro atoms. The minimum atomic E-state index is -2.07. The van der Waals surface area contributed by atoms with Crippen LogP contribution < -0.4 is 0 Å². The van der Waals surface area contributed by atoms with E-state index in [4.69, 9.17) is 23.4 Å². The third kappa shape index (κ3) is 21.1. The lowest BCUT2D eigenvalue weighted by Crippen LogP contribution is -2.61. The minimum absolute atomic E-state index is 0.0308. The molecular weight excluding hydrogens is 633 g/mol. The van der Waals surface area contributed by atoms with Crippen molar-refractivity contribution in [2.75, 3.05) is 26.9 Å². The van der Waals surface area contributed by atoms with Crippen LogP contribution in [0.3, 0.4) is 0 Å². The smallest absolute Gasteiger partial charge is 0.192 e. The molecule has 1 saturated heterocycles. The zero-order valence-electron chi connectivity index (χ0n) is 33.5. The highest BCUT2D eigenvalue weighted by atomic mass is 28.4. The predicted molar refractivity (Wildman–Crippen MR) is 208 cm³/mol. The number of unbranched alkanes of at least 4 members (excludes halogenated alkanes) is 16. The summed E-state index contributed by atoms with van der Waals surface area (Å²) in [5, 5.41) is 22.6.